The molecule has 0 aromatic heterocycles. The van der Waals surface area contributed by atoms with Gasteiger partial charge in [-0.3, -0.25) is 0 Å². The van der Waals surface area contributed by atoms with E-state index in [2.05, 4.69) is 6.92 Å². The molecule has 0 amide bonds. The summed E-state index contributed by atoms with van der Waals surface area (Å²) in [6.45, 7) is 2.16. The molecule has 0 aliphatic rings. The second-order valence-electron chi connectivity index (χ2n) is 0.354. The van der Waals surface area contributed by atoms with Crippen LogP contribution >= 0.6 is 50.9 Å². The van der Waals surface area contributed by atoms with Gasteiger partial charge in [0.15, 0.2) is 0 Å². The fraction of sp³-hybridized carbons (Fsp3) is 1.00. The van der Waals surface area contributed by atoms with Crippen LogP contribution in [0, 0.1) is 0 Å². The summed E-state index contributed by atoms with van der Waals surface area (Å²) in [6, 6.07) is 0. The summed E-state index contributed by atoms with van der Waals surface area (Å²) in [5.41, 5.74) is 0. The first kappa shape index (κ1) is 23.9. The third-order valence-electron chi connectivity index (χ3n) is 0. The Labute approximate surface area is 85.6 Å². The maximum absolute atomic E-state index is 2.16. The molecule has 0 aromatic carbocycles. The Balaban J connectivity index is -0.00000000667. The van der Waals surface area contributed by atoms with Gasteiger partial charge in [-0.25, -0.2) is 0 Å². The molecule has 0 saturated carbocycles. The molecule has 6 heavy (non-hydrogen) atoms. The maximum atomic E-state index is 2.16. The molecule has 0 aliphatic heterocycles. The van der Waals surface area contributed by atoms with E-state index in [9.17, 15) is 0 Å². The standard InChI is InChI=1S/C2H5.3BrH.Zr/c1-2;;;;/h1H2,2H3;3*1H;. The van der Waals surface area contributed by atoms with Crippen molar-refractivity contribution in [3.8, 4) is 0 Å². The predicted molar refractivity (Wildman–Crippen MR) is 41.4 cm³/mol. The fourth-order valence-electron chi connectivity index (χ4n) is 0. The van der Waals surface area contributed by atoms with Crippen molar-refractivity contribution in [1.29, 1.82) is 0 Å². The predicted octanol–water partition coefficient (Wildman–Crippen LogP) is 2.71. The first-order valence-electron chi connectivity index (χ1n) is 1.06. The Bertz CT molecular complexity index is 8.75. The zero-order valence-corrected chi connectivity index (χ0v) is 11.0. The topological polar surface area (TPSA) is 0 Å². The number of hydrogen-bond acceptors (Lipinski definition) is 0. The van der Waals surface area contributed by atoms with Gasteiger partial charge in [0.05, 0.1) is 0 Å². The average molecular weight is 363 g/mol. The molecule has 0 nitrogen and oxygen atoms in total. The molecule has 0 aromatic rings. The van der Waals surface area contributed by atoms with Crippen LogP contribution in [0.2, 0.25) is 4.13 Å². The molecule has 0 unspecified atom stereocenters. The van der Waals surface area contributed by atoms with Crippen molar-refractivity contribution in [2.45, 2.75) is 11.1 Å². The molecule has 0 N–H and O–H groups in total. The number of rotatable bonds is 0. The molecule has 0 fully saturated rings. The Kier molecular flexibility index (Phi) is 106. The Morgan fingerprint density at radius 2 is 1.17 bits per heavy atom. The van der Waals surface area contributed by atoms with Gasteiger partial charge in [-0.15, -0.1) is 50.9 Å². The van der Waals surface area contributed by atoms with E-state index in [-0.39, 0.29) is 50.9 Å². The van der Waals surface area contributed by atoms with Gasteiger partial charge >= 0.3 is 35.8 Å². The zero-order valence-electron chi connectivity index (χ0n) is 3.43. The van der Waals surface area contributed by atoms with E-state index < -0.39 is 0 Å². The van der Waals surface area contributed by atoms with Crippen LogP contribution in [0.25, 0.3) is 0 Å². The van der Waals surface area contributed by atoms with E-state index in [1.807, 2.05) is 0 Å². The first-order valence-corrected chi connectivity index (χ1v) is 2.80. The molecule has 0 rings (SSSR count). The second-order valence-corrected chi connectivity index (χ2v) is 2.09. The molecule has 0 bridgehead atoms. The summed E-state index contributed by atoms with van der Waals surface area (Å²) in [4.78, 5) is 0. The molecule has 0 saturated heterocycles. The van der Waals surface area contributed by atoms with Gasteiger partial charge in [0, 0.05) is 0 Å². The van der Waals surface area contributed by atoms with Crippen molar-refractivity contribution in [2.24, 2.45) is 0 Å². The quantitative estimate of drug-likeness (QED) is 0.621. The monoisotopic (exact) mass is 359 g/mol. The number of halogens is 3. The van der Waals surface area contributed by atoms with Crippen molar-refractivity contribution in [1.82, 2.24) is 0 Å². The van der Waals surface area contributed by atoms with Crippen molar-refractivity contribution >= 4 is 50.9 Å². The minimum atomic E-state index is 0. The summed E-state index contributed by atoms with van der Waals surface area (Å²) in [5.74, 6) is 0. The fourth-order valence-corrected chi connectivity index (χ4v) is 0. The summed E-state index contributed by atoms with van der Waals surface area (Å²) < 4.78 is 1.34. The van der Waals surface area contributed by atoms with Gasteiger partial charge in [0.2, 0.25) is 0 Å². The van der Waals surface area contributed by atoms with Crippen LogP contribution in [0.4, 0.5) is 0 Å². The zero-order chi connectivity index (χ0) is 2.71. The molecule has 0 radical (unpaired) electrons. The molecular formula is C2H8Br3Zr. The van der Waals surface area contributed by atoms with E-state index in [0.717, 1.165) is 0 Å². The van der Waals surface area contributed by atoms with Gasteiger partial charge in [-0.1, -0.05) is 0 Å². The van der Waals surface area contributed by atoms with Crippen molar-refractivity contribution in [3.05, 3.63) is 0 Å². The third kappa shape index (κ3) is 33.2. The molecule has 0 atom stereocenters. The van der Waals surface area contributed by atoms with Gasteiger partial charge in [0.1, 0.15) is 0 Å². The van der Waals surface area contributed by atoms with Crippen LogP contribution in [-0.4, -0.2) is 0 Å². The van der Waals surface area contributed by atoms with Crippen LogP contribution in [0.5, 0.6) is 0 Å². The molecule has 41 valence electrons. The van der Waals surface area contributed by atoms with E-state index in [0.29, 0.717) is 0 Å². The van der Waals surface area contributed by atoms with Crippen molar-refractivity contribution < 1.29 is 24.7 Å². The summed E-state index contributed by atoms with van der Waals surface area (Å²) >= 11 is 1.64. The normalized spacial score (nSPS) is 2.67. The van der Waals surface area contributed by atoms with Crippen molar-refractivity contribution in [3.63, 3.8) is 0 Å². The second kappa shape index (κ2) is 26.5. The molecule has 0 spiro atoms. The van der Waals surface area contributed by atoms with Crippen LogP contribution in [-0.2, 0) is 24.7 Å². The Morgan fingerprint density at radius 1 is 1.17 bits per heavy atom. The molecule has 0 heterocycles. The number of hydrogen-bond donors (Lipinski definition) is 0. The van der Waals surface area contributed by atoms with Crippen LogP contribution < -0.4 is 0 Å². The van der Waals surface area contributed by atoms with Gasteiger partial charge in [-0.2, -0.15) is 0 Å². The van der Waals surface area contributed by atoms with Crippen LogP contribution in [0.3, 0.4) is 0 Å². The van der Waals surface area contributed by atoms with Gasteiger partial charge < -0.3 is 0 Å². The van der Waals surface area contributed by atoms with E-state index >= 15 is 0 Å². The summed E-state index contributed by atoms with van der Waals surface area (Å²) in [5, 5.41) is 0. The average Bonchev–Trinajstić information content (AvgIpc) is 0.918. The molecule has 0 aliphatic carbocycles. The molecular weight excluding hydrogens is 355 g/mol. The SMILES string of the molecule is Br.Br.Br.C[CH2][Zr]. The van der Waals surface area contributed by atoms with Gasteiger partial charge in [0.25, 0.3) is 0 Å². The van der Waals surface area contributed by atoms with E-state index in [1.54, 1.807) is 24.7 Å². The first-order chi connectivity index (χ1) is 1.41. The van der Waals surface area contributed by atoms with E-state index in [1.165, 1.54) is 4.13 Å². The van der Waals surface area contributed by atoms with Crippen molar-refractivity contribution in [2.75, 3.05) is 0 Å². The Morgan fingerprint density at radius 3 is 1.17 bits per heavy atom. The van der Waals surface area contributed by atoms with E-state index in [4.69, 9.17) is 0 Å². The Hall–Kier alpha value is 2.32. The third-order valence-corrected chi connectivity index (χ3v) is 0. The molecule has 4 heteroatoms. The minimum absolute atomic E-state index is 0. The summed E-state index contributed by atoms with van der Waals surface area (Å²) in [7, 11) is 0. The van der Waals surface area contributed by atoms with Crippen LogP contribution in [0.1, 0.15) is 6.92 Å². The summed E-state index contributed by atoms with van der Waals surface area (Å²) in [6.07, 6.45) is 0. The van der Waals surface area contributed by atoms with Gasteiger partial charge in [-0.05, 0) is 0 Å². The van der Waals surface area contributed by atoms with Crippen LogP contribution in [0.15, 0.2) is 0 Å².